The van der Waals surface area contributed by atoms with E-state index in [-0.39, 0.29) is 0 Å². The van der Waals surface area contributed by atoms with Gasteiger partial charge in [-0.1, -0.05) is 20.8 Å². The van der Waals surface area contributed by atoms with E-state index in [4.69, 9.17) is 5.73 Å². The third-order valence-corrected chi connectivity index (χ3v) is 4.96. The minimum Gasteiger partial charge on any atom is -0.369 e. The van der Waals surface area contributed by atoms with Gasteiger partial charge in [0.05, 0.1) is 0 Å². The number of Topliss-reactive ketones (excluding diaryl/α,β-unsaturated/α-hetero) is 2. The van der Waals surface area contributed by atoms with Crippen LogP contribution in [0.5, 0.6) is 0 Å². The SMILES string of the molecule is CC12CCC(C(N)=O)(C(=O)C1=O)C2(C)C. The average molecular weight is 209 g/mol. The fourth-order valence-corrected chi connectivity index (χ4v) is 3.32. The fourth-order valence-electron chi connectivity index (χ4n) is 3.32. The maximum Gasteiger partial charge on any atom is 0.232 e. The number of hydrogen-bond donors (Lipinski definition) is 1. The van der Waals surface area contributed by atoms with Crippen LogP contribution in [0.15, 0.2) is 0 Å². The standard InChI is InChI=1S/C11H15NO3/c1-9(2)10(3)4-5-11(9,8(12)15)7(14)6(10)13/h4-5H2,1-3H3,(H2,12,15). The largest absolute Gasteiger partial charge is 0.369 e. The van der Waals surface area contributed by atoms with E-state index in [0.29, 0.717) is 12.8 Å². The lowest BCUT2D eigenvalue weighted by Crippen LogP contribution is -2.48. The first kappa shape index (κ1) is 10.3. The molecule has 0 heterocycles. The Morgan fingerprint density at radius 1 is 1.13 bits per heavy atom. The van der Waals surface area contributed by atoms with Gasteiger partial charge in [0.1, 0.15) is 5.41 Å². The third-order valence-electron chi connectivity index (χ3n) is 4.96. The Balaban J connectivity index is 2.73. The highest BCUT2D eigenvalue weighted by molar-refractivity contribution is 6.48. The summed E-state index contributed by atoms with van der Waals surface area (Å²) in [6, 6.07) is 0. The molecule has 15 heavy (non-hydrogen) atoms. The Morgan fingerprint density at radius 3 is 1.93 bits per heavy atom. The topological polar surface area (TPSA) is 77.2 Å². The van der Waals surface area contributed by atoms with Crippen LogP contribution in [0.4, 0.5) is 0 Å². The number of carbonyl (C=O) groups excluding carboxylic acids is 3. The molecule has 4 nitrogen and oxygen atoms in total. The number of hydrogen-bond acceptors (Lipinski definition) is 3. The molecule has 0 spiro atoms. The molecular formula is C11H15NO3. The van der Waals surface area contributed by atoms with E-state index in [2.05, 4.69) is 0 Å². The minimum atomic E-state index is -1.25. The zero-order valence-electron chi connectivity index (χ0n) is 9.22. The van der Waals surface area contributed by atoms with Gasteiger partial charge in [-0.2, -0.15) is 0 Å². The molecule has 2 unspecified atom stereocenters. The fraction of sp³-hybridized carbons (Fsp3) is 0.727. The van der Waals surface area contributed by atoms with Gasteiger partial charge in [-0.25, -0.2) is 0 Å². The maximum absolute atomic E-state index is 11.9. The second kappa shape index (κ2) is 2.31. The summed E-state index contributed by atoms with van der Waals surface area (Å²) >= 11 is 0. The van der Waals surface area contributed by atoms with Crippen molar-refractivity contribution in [1.82, 2.24) is 0 Å². The van der Waals surface area contributed by atoms with Crippen LogP contribution in [0.25, 0.3) is 0 Å². The van der Waals surface area contributed by atoms with Gasteiger partial charge in [-0.05, 0) is 18.3 Å². The molecule has 0 saturated heterocycles. The molecule has 0 radical (unpaired) electrons. The molecule has 2 aliphatic carbocycles. The summed E-state index contributed by atoms with van der Waals surface area (Å²) in [7, 11) is 0. The maximum atomic E-state index is 11.9. The van der Waals surface area contributed by atoms with Crippen molar-refractivity contribution in [3.8, 4) is 0 Å². The van der Waals surface area contributed by atoms with Crippen molar-refractivity contribution in [2.75, 3.05) is 0 Å². The molecule has 2 atom stereocenters. The molecule has 0 aromatic rings. The summed E-state index contributed by atoms with van der Waals surface area (Å²) in [4.78, 5) is 35.3. The lowest BCUT2D eigenvalue weighted by molar-refractivity contribution is -0.148. The average Bonchev–Trinajstić information content (AvgIpc) is 2.39. The Bertz CT molecular complexity index is 399. The Morgan fingerprint density at radius 2 is 1.67 bits per heavy atom. The number of fused-ring (bicyclic) bond motifs is 2. The van der Waals surface area contributed by atoms with Gasteiger partial charge in [0.2, 0.25) is 17.5 Å². The molecule has 2 saturated carbocycles. The van der Waals surface area contributed by atoms with Gasteiger partial charge >= 0.3 is 0 Å². The molecular weight excluding hydrogens is 194 g/mol. The molecule has 0 aliphatic heterocycles. The molecule has 2 rings (SSSR count). The van der Waals surface area contributed by atoms with Crippen molar-refractivity contribution >= 4 is 17.5 Å². The van der Waals surface area contributed by atoms with E-state index in [9.17, 15) is 14.4 Å². The Hall–Kier alpha value is -1.19. The van der Waals surface area contributed by atoms with E-state index >= 15 is 0 Å². The summed E-state index contributed by atoms with van der Waals surface area (Å²) in [5, 5.41) is 0. The predicted molar refractivity (Wildman–Crippen MR) is 52.8 cm³/mol. The molecule has 1 amide bonds. The van der Waals surface area contributed by atoms with Gasteiger partial charge in [0.25, 0.3) is 0 Å². The van der Waals surface area contributed by atoms with Crippen LogP contribution < -0.4 is 5.73 Å². The summed E-state index contributed by atoms with van der Waals surface area (Å²) < 4.78 is 0. The highest BCUT2D eigenvalue weighted by Crippen LogP contribution is 2.68. The van der Waals surface area contributed by atoms with Crippen molar-refractivity contribution in [3.05, 3.63) is 0 Å². The smallest absolute Gasteiger partial charge is 0.232 e. The van der Waals surface area contributed by atoms with Crippen LogP contribution >= 0.6 is 0 Å². The molecule has 2 fully saturated rings. The van der Waals surface area contributed by atoms with E-state index in [0.717, 1.165) is 0 Å². The summed E-state index contributed by atoms with van der Waals surface area (Å²) in [5.74, 6) is -1.64. The van der Waals surface area contributed by atoms with Crippen molar-refractivity contribution in [2.45, 2.75) is 33.6 Å². The first-order valence-corrected chi connectivity index (χ1v) is 5.11. The van der Waals surface area contributed by atoms with E-state index in [1.165, 1.54) is 0 Å². The zero-order chi connectivity index (χ0) is 11.6. The van der Waals surface area contributed by atoms with Crippen molar-refractivity contribution in [2.24, 2.45) is 22.0 Å². The predicted octanol–water partition coefficient (Wildman–Crippen LogP) is 0.436. The quantitative estimate of drug-likeness (QED) is 0.502. The monoisotopic (exact) mass is 209 g/mol. The van der Waals surface area contributed by atoms with Crippen LogP contribution in [0, 0.1) is 16.2 Å². The van der Waals surface area contributed by atoms with Gasteiger partial charge in [0, 0.05) is 5.41 Å². The number of carbonyl (C=O) groups is 3. The van der Waals surface area contributed by atoms with Crippen molar-refractivity contribution in [3.63, 3.8) is 0 Å². The molecule has 4 heteroatoms. The Kier molecular flexibility index (Phi) is 1.59. The summed E-state index contributed by atoms with van der Waals surface area (Å²) in [6.07, 6.45) is 0.990. The minimum absolute atomic E-state index is 0.413. The number of ketones is 2. The van der Waals surface area contributed by atoms with Gasteiger partial charge in [-0.15, -0.1) is 0 Å². The first-order valence-electron chi connectivity index (χ1n) is 5.11. The summed E-state index contributed by atoms with van der Waals surface area (Å²) in [5.41, 5.74) is 2.73. The molecule has 82 valence electrons. The van der Waals surface area contributed by atoms with Gasteiger partial charge < -0.3 is 5.73 Å². The van der Waals surface area contributed by atoms with Crippen LogP contribution in [-0.4, -0.2) is 17.5 Å². The van der Waals surface area contributed by atoms with Gasteiger partial charge in [-0.3, -0.25) is 14.4 Å². The highest BCUT2D eigenvalue weighted by atomic mass is 16.2. The van der Waals surface area contributed by atoms with E-state index in [1.807, 2.05) is 0 Å². The highest BCUT2D eigenvalue weighted by Gasteiger charge is 2.77. The first-order chi connectivity index (χ1) is 6.72. The summed E-state index contributed by atoms with van der Waals surface area (Å²) in [6.45, 7) is 5.37. The zero-order valence-corrected chi connectivity index (χ0v) is 9.22. The molecule has 2 bridgehead atoms. The van der Waals surface area contributed by atoms with Crippen LogP contribution in [0.2, 0.25) is 0 Å². The number of nitrogens with two attached hydrogens (primary N) is 1. The van der Waals surface area contributed by atoms with Gasteiger partial charge in [0.15, 0.2) is 0 Å². The third kappa shape index (κ3) is 0.713. The molecule has 0 aromatic heterocycles. The molecule has 2 aliphatic rings. The van der Waals surface area contributed by atoms with Crippen molar-refractivity contribution < 1.29 is 14.4 Å². The Labute approximate surface area is 88.2 Å². The molecule has 2 N–H and O–H groups in total. The van der Waals surface area contributed by atoms with Crippen LogP contribution in [0.3, 0.4) is 0 Å². The second-order valence-corrected chi connectivity index (χ2v) is 5.38. The number of primary amides is 1. The second-order valence-electron chi connectivity index (χ2n) is 5.38. The lowest BCUT2D eigenvalue weighted by atomic mass is 9.64. The van der Waals surface area contributed by atoms with Crippen LogP contribution in [0.1, 0.15) is 33.6 Å². The number of amides is 1. The normalized spacial score (nSPS) is 42.3. The molecule has 0 aromatic carbocycles. The lowest BCUT2D eigenvalue weighted by Gasteiger charge is -2.35. The van der Waals surface area contributed by atoms with Crippen molar-refractivity contribution in [1.29, 1.82) is 0 Å². The van der Waals surface area contributed by atoms with E-state index < -0.39 is 33.7 Å². The van der Waals surface area contributed by atoms with E-state index in [1.54, 1.807) is 20.8 Å². The number of rotatable bonds is 1. The van der Waals surface area contributed by atoms with Crippen LogP contribution in [-0.2, 0) is 14.4 Å².